The standard InChI is InChI=1S/C19H27N3O/c20-15-17-6-8-19(9-7-17)23-14-4-3-10-21-12-13-22-11-2-1-5-18(22)16-21/h6-9,18H,1-5,10-14,16H2. The predicted octanol–water partition coefficient (Wildman–Crippen LogP) is 2.89. The lowest BCUT2D eigenvalue weighted by molar-refractivity contribution is 0.0482. The first-order valence-electron chi connectivity index (χ1n) is 8.94. The number of piperazine rings is 1. The summed E-state index contributed by atoms with van der Waals surface area (Å²) in [5.41, 5.74) is 0.680. The van der Waals surface area contributed by atoms with E-state index in [-0.39, 0.29) is 0 Å². The molecule has 1 unspecified atom stereocenters. The van der Waals surface area contributed by atoms with Gasteiger partial charge in [-0.3, -0.25) is 4.90 Å². The highest BCUT2D eigenvalue weighted by Gasteiger charge is 2.28. The van der Waals surface area contributed by atoms with Gasteiger partial charge in [-0.15, -0.1) is 0 Å². The molecule has 4 heteroatoms. The first kappa shape index (κ1) is 16.3. The lowest BCUT2D eigenvalue weighted by Gasteiger charge is -2.44. The quantitative estimate of drug-likeness (QED) is 0.757. The summed E-state index contributed by atoms with van der Waals surface area (Å²) in [4.78, 5) is 5.32. The third kappa shape index (κ3) is 4.70. The molecule has 0 bridgehead atoms. The highest BCUT2D eigenvalue weighted by atomic mass is 16.5. The van der Waals surface area contributed by atoms with Crippen molar-refractivity contribution in [2.45, 2.75) is 38.1 Å². The van der Waals surface area contributed by atoms with Crippen molar-refractivity contribution in [3.05, 3.63) is 29.8 Å². The van der Waals surface area contributed by atoms with Gasteiger partial charge >= 0.3 is 0 Å². The van der Waals surface area contributed by atoms with Gasteiger partial charge in [-0.1, -0.05) is 6.42 Å². The van der Waals surface area contributed by atoms with Crippen molar-refractivity contribution in [3.8, 4) is 11.8 Å². The Hall–Kier alpha value is -1.57. The Morgan fingerprint density at radius 3 is 2.78 bits per heavy atom. The molecule has 3 rings (SSSR count). The number of ether oxygens (including phenoxy) is 1. The molecule has 2 fully saturated rings. The van der Waals surface area contributed by atoms with Gasteiger partial charge in [0.15, 0.2) is 0 Å². The second-order valence-corrected chi connectivity index (χ2v) is 6.68. The van der Waals surface area contributed by atoms with E-state index in [0.717, 1.165) is 24.8 Å². The minimum atomic E-state index is 0.680. The maximum Gasteiger partial charge on any atom is 0.119 e. The smallest absolute Gasteiger partial charge is 0.119 e. The van der Waals surface area contributed by atoms with Crippen LogP contribution in [0.2, 0.25) is 0 Å². The molecule has 0 amide bonds. The Morgan fingerprint density at radius 2 is 1.96 bits per heavy atom. The molecular weight excluding hydrogens is 286 g/mol. The van der Waals surface area contributed by atoms with Crippen LogP contribution in [0, 0.1) is 11.3 Å². The molecule has 2 aliphatic heterocycles. The Kier molecular flexibility index (Phi) is 5.90. The summed E-state index contributed by atoms with van der Waals surface area (Å²) in [7, 11) is 0. The minimum absolute atomic E-state index is 0.680. The fraction of sp³-hybridized carbons (Fsp3) is 0.632. The van der Waals surface area contributed by atoms with E-state index in [9.17, 15) is 0 Å². The molecule has 1 aromatic rings. The van der Waals surface area contributed by atoms with E-state index in [2.05, 4.69) is 15.9 Å². The Bertz CT molecular complexity index is 522. The summed E-state index contributed by atoms with van der Waals surface area (Å²) in [6, 6.07) is 10.3. The van der Waals surface area contributed by atoms with Gasteiger partial charge in [-0.2, -0.15) is 5.26 Å². The number of fused-ring (bicyclic) bond motifs is 1. The zero-order valence-electron chi connectivity index (χ0n) is 13.9. The van der Waals surface area contributed by atoms with E-state index >= 15 is 0 Å². The molecule has 4 nitrogen and oxygen atoms in total. The molecule has 23 heavy (non-hydrogen) atoms. The molecule has 1 aromatic carbocycles. The number of rotatable bonds is 6. The number of piperidine rings is 1. The largest absolute Gasteiger partial charge is 0.494 e. The summed E-state index contributed by atoms with van der Waals surface area (Å²) in [5.74, 6) is 0.861. The van der Waals surface area contributed by atoms with E-state index in [0.29, 0.717) is 5.56 Å². The van der Waals surface area contributed by atoms with Crippen molar-refractivity contribution in [1.29, 1.82) is 5.26 Å². The van der Waals surface area contributed by atoms with Crippen LogP contribution in [0.5, 0.6) is 5.75 Å². The summed E-state index contributed by atoms with van der Waals surface area (Å²) in [6.07, 6.45) is 6.48. The van der Waals surface area contributed by atoms with E-state index < -0.39 is 0 Å². The topological polar surface area (TPSA) is 39.5 Å². The van der Waals surface area contributed by atoms with Gasteiger partial charge in [0.2, 0.25) is 0 Å². The minimum Gasteiger partial charge on any atom is -0.494 e. The molecule has 0 radical (unpaired) electrons. The highest BCUT2D eigenvalue weighted by Crippen LogP contribution is 2.21. The van der Waals surface area contributed by atoms with Crippen molar-refractivity contribution in [2.75, 3.05) is 39.3 Å². The summed E-state index contributed by atoms with van der Waals surface area (Å²) >= 11 is 0. The fourth-order valence-corrected chi connectivity index (χ4v) is 3.68. The number of benzene rings is 1. The van der Waals surface area contributed by atoms with Crippen LogP contribution >= 0.6 is 0 Å². The van der Waals surface area contributed by atoms with Crippen LogP contribution in [0.25, 0.3) is 0 Å². The Morgan fingerprint density at radius 1 is 1.09 bits per heavy atom. The summed E-state index contributed by atoms with van der Waals surface area (Å²) in [6.45, 7) is 7.02. The zero-order chi connectivity index (χ0) is 15.9. The molecule has 1 atom stereocenters. The predicted molar refractivity (Wildman–Crippen MR) is 91.5 cm³/mol. The van der Waals surface area contributed by atoms with E-state index in [1.54, 1.807) is 12.1 Å². The number of nitriles is 1. The average Bonchev–Trinajstić information content (AvgIpc) is 2.62. The molecule has 0 spiro atoms. The van der Waals surface area contributed by atoms with Crippen molar-refractivity contribution in [1.82, 2.24) is 9.80 Å². The number of hydrogen-bond acceptors (Lipinski definition) is 4. The second kappa shape index (κ2) is 8.33. The number of nitrogens with zero attached hydrogens (tertiary/aromatic N) is 3. The van der Waals surface area contributed by atoms with Crippen molar-refractivity contribution >= 4 is 0 Å². The molecule has 0 aromatic heterocycles. The van der Waals surface area contributed by atoms with Crippen molar-refractivity contribution in [2.24, 2.45) is 0 Å². The molecule has 2 saturated heterocycles. The number of unbranched alkanes of at least 4 members (excludes halogenated alkanes) is 1. The second-order valence-electron chi connectivity index (χ2n) is 6.68. The molecule has 2 aliphatic rings. The molecule has 124 valence electrons. The number of hydrogen-bond donors (Lipinski definition) is 0. The van der Waals surface area contributed by atoms with Crippen LogP contribution in [-0.4, -0.2) is 55.2 Å². The van der Waals surface area contributed by atoms with Gasteiger partial charge in [-0.05, 0) is 63.0 Å². The molecule has 0 aliphatic carbocycles. The van der Waals surface area contributed by atoms with E-state index in [1.807, 2.05) is 12.1 Å². The van der Waals surface area contributed by atoms with Crippen LogP contribution in [0.4, 0.5) is 0 Å². The first-order valence-corrected chi connectivity index (χ1v) is 8.94. The summed E-state index contributed by atoms with van der Waals surface area (Å²) in [5, 5.41) is 8.77. The fourth-order valence-electron chi connectivity index (χ4n) is 3.68. The van der Waals surface area contributed by atoms with E-state index in [4.69, 9.17) is 10.00 Å². The molecule has 0 saturated carbocycles. The van der Waals surface area contributed by atoms with Crippen LogP contribution < -0.4 is 4.74 Å². The highest BCUT2D eigenvalue weighted by molar-refractivity contribution is 5.34. The van der Waals surface area contributed by atoms with Gasteiger partial charge in [0.1, 0.15) is 5.75 Å². The zero-order valence-corrected chi connectivity index (χ0v) is 13.9. The molecule has 2 heterocycles. The van der Waals surface area contributed by atoms with E-state index in [1.165, 1.54) is 58.4 Å². The monoisotopic (exact) mass is 313 g/mol. The van der Waals surface area contributed by atoms with Gasteiger partial charge in [0.25, 0.3) is 0 Å². The van der Waals surface area contributed by atoms with Gasteiger partial charge in [-0.25, -0.2) is 0 Å². The van der Waals surface area contributed by atoms with Crippen LogP contribution in [0.1, 0.15) is 37.7 Å². The normalized spacial score (nSPS) is 22.3. The SMILES string of the molecule is N#Cc1ccc(OCCCCN2CCN3CCCCC3C2)cc1. The third-order valence-corrected chi connectivity index (χ3v) is 5.04. The maximum absolute atomic E-state index is 8.77. The van der Waals surface area contributed by atoms with Crippen LogP contribution in [-0.2, 0) is 0 Å². The van der Waals surface area contributed by atoms with Gasteiger partial charge < -0.3 is 9.64 Å². The molecular formula is C19H27N3O. The maximum atomic E-state index is 8.77. The van der Waals surface area contributed by atoms with Gasteiger partial charge in [0.05, 0.1) is 18.2 Å². The van der Waals surface area contributed by atoms with Crippen molar-refractivity contribution in [3.63, 3.8) is 0 Å². The lowest BCUT2D eigenvalue weighted by Crippen LogP contribution is -2.54. The lowest BCUT2D eigenvalue weighted by atomic mass is 9.99. The van der Waals surface area contributed by atoms with Crippen LogP contribution in [0.15, 0.2) is 24.3 Å². The first-order chi connectivity index (χ1) is 11.3. The van der Waals surface area contributed by atoms with Crippen molar-refractivity contribution < 1.29 is 4.74 Å². The summed E-state index contributed by atoms with van der Waals surface area (Å²) < 4.78 is 5.74. The molecule has 0 N–H and O–H groups in total. The third-order valence-electron chi connectivity index (χ3n) is 5.04. The average molecular weight is 313 g/mol. The Labute approximate surface area is 139 Å². The Balaban J connectivity index is 1.30. The van der Waals surface area contributed by atoms with Gasteiger partial charge in [0, 0.05) is 25.7 Å². The van der Waals surface area contributed by atoms with Crippen LogP contribution in [0.3, 0.4) is 0 Å².